The van der Waals surface area contributed by atoms with E-state index in [-0.39, 0.29) is 13.0 Å². The fraction of sp³-hybridized carbons (Fsp3) is 0.688. The van der Waals surface area contributed by atoms with E-state index in [4.69, 9.17) is 14.7 Å². The number of ether oxygens (including phenoxy) is 2. The molecule has 0 aliphatic rings. The van der Waals surface area contributed by atoms with Gasteiger partial charge in [-0.05, 0) is 34.1 Å². The van der Waals surface area contributed by atoms with E-state index in [2.05, 4.69) is 6.58 Å². The minimum absolute atomic E-state index is 0.0174. The van der Waals surface area contributed by atoms with E-state index in [1.54, 1.807) is 0 Å². The molecule has 0 rings (SSSR count). The fourth-order valence-corrected chi connectivity index (χ4v) is 1.69. The molecule has 0 aromatic carbocycles. The van der Waals surface area contributed by atoms with Gasteiger partial charge in [-0.2, -0.15) is 5.26 Å². The van der Waals surface area contributed by atoms with Gasteiger partial charge in [0.25, 0.3) is 0 Å². The van der Waals surface area contributed by atoms with Crippen molar-refractivity contribution in [3.05, 3.63) is 12.2 Å². The van der Waals surface area contributed by atoms with Gasteiger partial charge < -0.3 is 14.4 Å². The fourth-order valence-electron chi connectivity index (χ4n) is 1.69. The van der Waals surface area contributed by atoms with Crippen LogP contribution >= 0.6 is 0 Å². The highest BCUT2D eigenvalue weighted by Crippen LogP contribution is 2.13. The molecule has 0 aromatic rings. The van der Waals surface area contributed by atoms with E-state index in [0.717, 1.165) is 5.57 Å². The second-order valence-electron chi connectivity index (χ2n) is 6.09. The molecular weight excluding hydrogens is 284 g/mol. The van der Waals surface area contributed by atoms with Crippen molar-refractivity contribution in [2.24, 2.45) is 0 Å². The SMILES string of the molecule is C=C(C)CCN(C(=O)CC#N)[C@@H](COC(C)(C)C)C(=O)OC. The molecule has 0 heterocycles. The molecule has 0 radical (unpaired) electrons. The van der Waals surface area contributed by atoms with Crippen LogP contribution in [-0.2, 0) is 19.1 Å². The van der Waals surface area contributed by atoms with Gasteiger partial charge in [-0.25, -0.2) is 4.79 Å². The van der Waals surface area contributed by atoms with Crippen molar-refractivity contribution < 1.29 is 19.1 Å². The molecule has 0 aliphatic carbocycles. The smallest absolute Gasteiger partial charge is 0.331 e. The highest BCUT2D eigenvalue weighted by Gasteiger charge is 2.31. The van der Waals surface area contributed by atoms with Crippen molar-refractivity contribution in [1.82, 2.24) is 4.90 Å². The first kappa shape index (κ1) is 20.1. The van der Waals surface area contributed by atoms with E-state index >= 15 is 0 Å². The van der Waals surface area contributed by atoms with Gasteiger partial charge in [0.15, 0.2) is 6.04 Å². The van der Waals surface area contributed by atoms with E-state index in [1.165, 1.54) is 12.0 Å². The molecule has 0 aromatic heterocycles. The normalized spacial score (nSPS) is 12.2. The average molecular weight is 310 g/mol. The quantitative estimate of drug-likeness (QED) is 0.506. The molecule has 1 atom stereocenters. The molecule has 6 nitrogen and oxygen atoms in total. The predicted molar refractivity (Wildman–Crippen MR) is 82.9 cm³/mol. The first-order valence-corrected chi connectivity index (χ1v) is 7.15. The third kappa shape index (κ3) is 7.79. The third-order valence-corrected chi connectivity index (χ3v) is 2.85. The second kappa shape index (κ2) is 9.21. The van der Waals surface area contributed by atoms with Crippen LogP contribution in [0.25, 0.3) is 0 Å². The van der Waals surface area contributed by atoms with E-state index < -0.39 is 23.5 Å². The maximum absolute atomic E-state index is 12.2. The first-order valence-electron chi connectivity index (χ1n) is 7.15. The molecule has 0 saturated carbocycles. The minimum Gasteiger partial charge on any atom is -0.467 e. The van der Waals surface area contributed by atoms with Gasteiger partial charge in [0, 0.05) is 6.54 Å². The number of nitrogens with zero attached hydrogens (tertiary/aromatic N) is 2. The Morgan fingerprint density at radius 2 is 1.95 bits per heavy atom. The largest absolute Gasteiger partial charge is 0.467 e. The average Bonchev–Trinajstić information content (AvgIpc) is 2.40. The number of methoxy groups -OCH3 is 1. The van der Waals surface area contributed by atoms with E-state index in [1.807, 2.05) is 33.8 Å². The lowest BCUT2D eigenvalue weighted by molar-refractivity contribution is -0.157. The monoisotopic (exact) mass is 310 g/mol. The Hall–Kier alpha value is -1.87. The summed E-state index contributed by atoms with van der Waals surface area (Å²) in [6, 6.07) is 0.942. The zero-order valence-electron chi connectivity index (χ0n) is 14.1. The van der Waals surface area contributed by atoms with Crippen molar-refractivity contribution in [3.8, 4) is 6.07 Å². The molecule has 22 heavy (non-hydrogen) atoms. The standard InChI is InChI=1S/C16H26N2O4/c1-12(2)8-10-18(14(19)7-9-17)13(15(20)21-6)11-22-16(3,4)5/h13H,1,7-8,10-11H2,2-6H3/t13-/m0/s1. The van der Waals surface area contributed by atoms with Crippen LogP contribution in [0.4, 0.5) is 0 Å². The zero-order chi connectivity index (χ0) is 17.3. The van der Waals surface area contributed by atoms with Crippen molar-refractivity contribution >= 4 is 11.9 Å². The molecule has 0 fully saturated rings. The summed E-state index contributed by atoms with van der Waals surface area (Å²) in [5.74, 6) is -0.978. The Kier molecular flexibility index (Phi) is 8.43. The summed E-state index contributed by atoms with van der Waals surface area (Å²) in [5.41, 5.74) is 0.431. The summed E-state index contributed by atoms with van der Waals surface area (Å²) in [6.45, 7) is 11.5. The number of rotatable bonds is 8. The van der Waals surface area contributed by atoms with Crippen molar-refractivity contribution in [3.63, 3.8) is 0 Å². The maximum Gasteiger partial charge on any atom is 0.331 e. The maximum atomic E-state index is 12.2. The van der Waals surface area contributed by atoms with E-state index in [0.29, 0.717) is 13.0 Å². The van der Waals surface area contributed by atoms with Crippen LogP contribution in [0.1, 0.15) is 40.5 Å². The number of nitriles is 1. The topological polar surface area (TPSA) is 79.6 Å². The Labute approximate surface area is 132 Å². The molecule has 0 spiro atoms. The summed E-state index contributed by atoms with van der Waals surface area (Å²) in [5, 5.41) is 8.74. The van der Waals surface area contributed by atoms with Crippen LogP contribution in [0.15, 0.2) is 12.2 Å². The highest BCUT2D eigenvalue weighted by atomic mass is 16.5. The number of carbonyl (C=O) groups is 2. The van der Waals surface area contributed by atoms with Gasteiger partial charge in [0.05, 0.1) is 25.4 Å². The van der Waals surface area contributed by atoms with Crippen molar-refractivity contribution in [1.29, 1.82) is 5.26 Å². The van der Waals surface area contributed by atoms with Crippen LogP contribution in [0, 0.1) is 11.3 Å². The summed E-state index contributed by atoms with van der Waals surface area (Å²) >= 11 is 0. The van der Waals surface area contributed by atoms with Gasteiger partial charge in [-0.1, -0.05) is 5.57 Å². The number of hydrogen-bond acceptors (Lipinski definition) is 5. The number of carbonyl (C=O) groups excluding carboxylic acids is 2. The van der Waals surface area contributed by atoms with Gasteiger partial charge in [0.1, 0.15) is 6.42 Å². The van der Waals surface area contributed by atoms with Crippen LogP contribution in [0.2, 0.25) is 0 Å². The van der Waals surface area contributed by atoms with Crippen molar-refractivity contribution in [2.75, 3.05) is 20.3 Å². The lowest BCUT2D eigenvalue weighted by Gasteiger charge is -2.31. The lowest BCUT2D eigenvalue weighted by Crippen LogP contribution is -2.49. The third-order valence-electron chi connectivity index (χ3n) is 2.85. The summed E-state index contributed by atoms with van der Waals surface area (Å²) < 4.78 is 10.4. The Morgan fingerprint density at radius 1 is 1.36 bits per heavy atom. The Balaban J connectivity index is 5.23. The van der Waals surface area contributed by atoms with Gasteiger partial charge in [-0.3, -0.25) is 4.79 Å². The summed E-state index contributed by atoms with van der Waals surface area (Å²) in [6.07, 6.45) is 0.249. The number of amides is 1. The molecule has 0 unspecified atom stereocenters. The van der Waals surface area contributed by atoms with Crippen molar-refractivity contribution in [2.45, 2.75) is 52.2 Å². The lowest BCUT2D eigenvalue weighted by atomic mass is 10.1. The molecule has 1 amide bonds. The zero-order valence-corrected chi connectivity index (χ0v) is 14.1. The Bertz CT molecular complexity index is 446. The molecule has 0 N–H and O–H groups in total. The number of hydrogen-bond donors (Lipinski definition) is 0. The van der Waals surface area contributed by atoms with Crippen LogP contribution in [-0.4, -0.2) is 48.7 Å². The van der Waals surface area contributed by atoms with E-state index in [9.17, 15) is 9.59 Å². The molecule has 0 aliphatic heterocycles. The molecule has 0 saturated heterocycles. The second-order valence-corrected chi connectivity index (χ2v) is 6.09. The highest BCUT2D eigenvalue weighted by molar-refractivity contribution is 5.85. The van der Waals surface area contributed by atoms with Gasteiger partial charge in [-0.15, -0.1) is 6.58 Å². The van der Waals surface area contributed by atoms with Gasteiger partial charge >= 0.3 is 5.97 Å². The van der Waals surface area contributed by atoms with Crippen LogP contribution in [0.3, 0.4) is 0 Å². The minimum atomic E-state index is -0.871. The molecule has 124 valence electrons. The number of esters is 1. The van der Waals surface area contributed by atoms with Crippen LogP contribution < -0.4 is 0 Å². The summed E-state index contributed by atoms with van der Waals surface area (Å²) in [7, 11) is 1.26. The molecule has 0 bridgehead atoms. The molecule has 6 heteroatoms. The van der Waals surface area contributed by atoms with Gasteiger partial charge in [0.2, 0.25) is 5.91 Å². The van der Waals surface area contributed by atoms with Crippen LogP contribution in [0.5, 0.6) is 0 Å². The summed E-state index contributed by atoms with van der Waals surface area (Å²) in [4.78, 5) is 25.5. The predicted octanol–water partition coefficient (Wildman–Crippen LogP) is 2.05. The Morgan fingerprint density at radius 3 is 2.36 bits per heavy atom. The molecular formula is C16H26N2O4. The first-order chi connectivity index (χ1) is 10.1.